The quantitative estimate of drug-likeness (QED) is 0.567. The number of rotatable bonds is 2. The van der Waals surface area contributed by atoms with Gasteiger partial charge in [-0.05, 0) is 25.7 Å². The lowest BCUT2D eigenvalue weighted by atomic mass is 9.93. The molecule has 1 fully saturated rings. The van der Waals surface area contributed by atoms with Crippen LogP contribution in [-0.2, 0) is 0 Å². The summed E-state index contributed by atoms with van der Waals surface area (Å²) in [7, 11) is 0. The zero-order chi connectivity index (χ0) is 8.10. The highest BCUT2D eigenvalue weighted by molar-refractivity contribution is 4.89. The second-order valence-corrected chi connectivity index (χ2v) is 3.09. The highest BCUT2D eigenvalue weighted by Crippen LogP contribution is 2.17. The normalized spacial score (nSPS) is 31.3. The topological polar surface area (TPSA) is 32.3 Å². The van der Waals surface area contributed by atoms with E-state index in [0.717, 1.165) is 25.7 Å². The van der Waals surface area contributed by atoms with Gasteiger partial charge in [0.15, 0.2) is 0 Å². The highest BCUT2D eigenvalue weighted by Gasteiger charge is 2.17. The van der Waals surface area contributed by atoms with Crippen molar-refractivity contribution in [1.29, 1.82) is 0 Å². The van der Waals surface area contributed by atoms with Crippen molar-refractivity contribution in [3.8, 4) is 12.3 Å². The van der Waals surface area contributed by atoms with E-state index in [1.54, 1.807) is 0 Å². The zero-order valence-corrected chi connectivity index (χ0v) is 6.71. The van der Waals surface area contributed by atoms with Crippen LogP contribution >= 0.6 is 0 Å². The Morgan fingerprint density at radius 3 is 2.55 bits per heavy atom. The largest absolute Gasteiger partial charge is 0.393 e. The zero-order valence-electron chi connectivity index (χ0n) is 6.71. The molecule has 1 saturated carbocycles. The fraction of sp³-hybridized carbons (Fsp3) is 0.778. The number of terminal acetylenes is 1. The summed E-state index contributed by atoms with van der Waals surface area (Å²) in [6, 6.07) is 0.537. The minimum Gasteiger partial charge on any atom is -0.393 e. The molecule has 1 rings (SSSR count). The SMILES string of the molecule is C#CCN[C@H]1CC[C@H](O)CC1. The van der Waals surface area contributed by atoms with Crippen LogP contribution in [0.5, 0.6) is 0 Å². The summed E-state index contributed by atoms with van der Waals surface area (Å²) in [5, 5.41) is 12.4. The maximum absolute atomic E-state index is 9.18. The van der Waals surface area contributed by atoms with Crippen molar-refractivity contribution in [1.82, 2.24) is 5.32 Å². The van der Waals surface area contributed by atoms with E-state index >= 15 is 0 Å². The Morgan fingerprint density at radius 2 is 2.00 bits per heavy atom. The summed E-state index contributed by atoms with van der Waals surface area (Å²) in [4.78, 5) is 0. The maximum atomic E-state index is 9.18. The molecule has 0 unspecified atom stereocenters. The molecule has 2 nitrogen and oxygen atoms in total. The Kier molecular flexibility index (Phi) is 3.41. The number of hydrogen-bond donors (Lipinski definition) is 2. The molecular weight excluding hydrogens is 138 g/mol. The van der Waals surface area contributed by atoms with Gasteiger partial charge in [-0.25, -0.2) is 0 Å². The lowest BCUT2D eigenvalue weighted by molar-refractivity contribution is 0.117. The summed E-state index contributed by atoms with van der Waals surface area (Å²) in [6.45, 7) is 0.654. The molecule has 0 aromatic rings. The third-order valence-corrected chi connectivity index (χ3v) is 2.19. The van der Waals surface area contributed by atoms with Crippen LogP contribution in [-0.4, -0.2) is 23.8 Å². The Bertz CT molecular complexity index is 142. The first-order valence-electron chi connectivity index (χ1n) is 4.18. The first kappa shape index (κ1) is 8.58. The van der Waals surface area contributed by atoms with Crippen LogP contribution in [0.25, 0.3) is 0 Å². The summed E-state index contributed by atoms with van der Waals surface area (Å²) >= 11 is 0. The van der Waals surface area contributed by atoms with Gasteiger partial charge in [-0.15, -0.1) is 6.42 Å². The van der Waals surface area contributed by atoms with Crippen LogP contribution < -0.4 is 5.32 Å². The van der Waals surface area contributed by atoms with Gasteiger partial charge in [0, 0.05) is 6.04 Å². The van der Waals surface area contributed by atoms with Crippen LogP contribution in [0.2, 0.25) is 0 Å². The number of nitrogens with one attached hydrogen (secondary N) is 1. The minimum absolute atomic E-state index is 0.0705. The molecule has 0 heterocycles. The molecule has 0 bridgehead atoms. The molecule has 1 aliphatic carbocycles. The molecule has 0 saturated heterocycles. The second kappa shape index (κ2) is 4.38. The Hall–Kier alpha value is -0.520. The number of aliphatic hydroxyl groups excluding tert-OH is 1. The predicted molar refractivity (Wildman–Crippen MR) is 45.1 cm³/mol. The average molecular weight is 153 g/mol. The van der Waals surface area contributed by atoms with Gasteiger partial charge < -0.3 is 10.4 Å². The van der Waals surface area contributed by atoms with Gasteiger partial charge in [0.1, 0.15) is 0 Å². The number of hydrogen-bond acceptors (Lipinski definition) is 2. The molecule has 11 heavy (non-hydrogen) atoms. The van der Waals surface area contributed by atoms with Crippen molar-refractivity contribution in [2.75, 3.05) is 6.54 Å². The van der Waals surface area contributed by atoms with E-state index in [2.05, 4.69) is 11.2 Å². The van der Waals surface area contributed by atoms with Gasteiger partial charge in [0.25, 0.3) is 0 Å². The third-order valence-electron chi connectivity index (χ3n) is 2.19. The van der Waals surface area contributed by atoms with Crippen molar-refractivity contribution >= 4 is 0 Å². The molecule has 0 aliphatic heterocycles. The summed E-state index contributed by atoms with van der Waals surface area (Å²) in [6.07, 6.45) is 9.00. The minimum atomic E-state index is -0.0705. The molecule has 62 valence electrons. The van der Waals surface area contributed by atoms with Gasteiger partial charge in [-0.3, -0.25) is 0 Å². The summed E-state index contributed by atoms with van der Waals surface area (Å²) < 4.78 is 0. The summed E-state index contributed by atoms with van der Waals surface area (Å²) in [5.41, 5.74) is 0. The van der Waals surface area contributed by atoms with Crippen molar-refractivity contribution in [2.45, 2.75) is 37.8 Å². The average Bonchev–Trinajstić information content (AvgIpc) is 2.04. The second-order valence-electron chi connectivity index (χ2n) is 3.09. The monoisotopic (exact) mass is 153 g/mol. The fourth-order valence-corrected chi connectivity index (χ4v) is 1.48. The molecule has 0 aromatic carbocycles. The van der Waals surface area contributed by atoms with Gasteiger partial charge >= 0.3 is 0 Å². The van der Waals surface area contributed by atoms with Gasteiger partial charge in [0.2, 0.25) is 0 Å². The van der Waals surface area contributed by atoms with E-state index in [1.165, 1.54) is 0 Å². The molecule has 0 spiro atoms. The third kappa shape index (κ3) is 2.92. The standard InChI is InChI=1S/C9H15NO/c1-2-7-10-8-3-5-9(11)6-4-8/h1,8-11H,3-7H2/t8-,9-. The first-order chi connectivity index (χ1) is 5.33. The molecule has 1 aliphatic rings. The summed E-state index contributed by atoms with van der Waals surface area (Å²) in [5.74, 6) is 2.55. The Labute approximate surface area is 68.0 Å². The molecule has 2 N–H and O–H groups in total. The van der Waals surface area contributed by atoms with Crippen LogP contribution in [0.1, 0.15) is 25.7 Å². The highest BCUT2D eigenvalue weighted by atomic mass is 16.3. The molecule has 0 amide bonds. The molecular formula is C9H15NO. The first-order valence-corrected chi connectivity index (χ1v) is 4.18. The lowest BCUT2D eigenvalue weighted by Crippen LogP contribution is -2.34. The van der Waals surface area contributed by atoms with Crippen LogP contribution in [0.15, 0.2) is 0 Å². The van der Waals surface area contributed by atoms with Crippen LogP contribution in [0, 0.1) is 12.3 Å². The van der Waals surface area contributed by atoms with Crippen molar-refractivity contribution in [2.24, 2.45) is 0 Å². The lowest BCUT2D eigenvalue weighted by Gasteiger charge is -2.25. The van der Waals surface area contributed by atoms with Crippen LogP contribution in [0.3, 0.4) is 0 Å². The van der Waals surface area contributed by atoms with Crippen LogP contribution in [0.4, 0.5) is 0 Å². The smallest absolute Gasteiger partial charge is 0.0575 e. The predicted octanol–water partition coefficient (Wildman–Crippen LogP) is 0.513. The van der Waals surface area contributed by atoms with Crippen molar-refractivity contribution in [3.05, 3.63) is 0 Å². The van der Waals surface area contributed by atoms with E-state index in [0.29, 0.717) is 12.6 Å². The van der Waals surface area contributed by atoms with E-state index < -0.39 is 0 Å². The molecule has 0 aromatic heterocycles. The Balaban J connectivity index is 2.13. The Morgan fingerprint density at radius 1 is 1.36 bits per heavy atom. The molecule has 0 radical (unpaired) electrons. The van der Waals surface area contributed by atoms with E-state index in [9.17, 15) is 5.11 Å². The van der Waals surface area contributed by atoms with E-state index in [-0.39, 0.29) is 6.10 Å². The number of aliphatic hydroxyl groups is 1. The van der Waals surface area contributed by atoms with Gasteiger partial charge in [-0.2, -0.15) is 0 Å². The van der Waals surface area contributed by atoms with Crippen molar-refractivity contribution < 1.29 is 5.11 Å². The molecule has 2 heteroatoms. The van der Waals surface area contributed by atoms with Gasteiger partial charge in [0.05, 0.1) is 12.6 Å². The van der Waals surface area contributed by atoms with E-state index in [1.807, 2.05) is 0 Å². The fourth-order valence-electron chi connectivity index (χ4n) is 1.48. The van der Waals surface area contributed by atoms with Gasteiger partial charge in [-0.1, -0.05) is 5.92 Å². The van der Waals surface area contributed by atoms with Crippen molar-refractivity contribution in [3.63, 3.8) is 0 Å². The molecule has 0 atom stereocenters. The van der Waals surface area contributed by atoms with E-state index in [4.69, 9.17) is 6.42 Å². The maximum Gasteiger partial charge on any atom is 0.0575 e.